The molecule has 0 aromatic carbocycles. The molecule has 0 spiro atoms. The van der Waals surface area contributed by atoms with Crippen molar-refractivity contribution in [2.45, 2.75) is 13.8 Å². The van der Waals surface area contributed by atoms with E-state index in [1.807, 2.05) is 19.9 Å². The van der Waals surface area contributed by atoms with Crippen LogP contribution in [0.15, 0.2) is 24.5 Å². The van der Waals surface area contributed by atoms with Crippen LogP contribution in [0.2, 0.25) is 0 Å². The molecule has 0 radical (unpaired) electrons. The topological polar surface area (TPSA) is 68.0 Å². The molecule has 1 amide bonds. The molecule has 17 heavy (non-hydrogen) atoms. The zero-order valence-corrected chi connectivity index (χ0v) is 10.5. The predicted molar refractivity (Wildman–Crippen MR) is 70.4 cm³/mol. The van der Waals surface area contributed by atoms with Crippen molar-refractivity contribution >= 4 is 28.6 Å². The molecule has 0 bridgehead atoms. The Morgan fingerprint density at radius 1 is 1.35 bits per heavy atom. The number of nitrogens with two attached hydrogens (primary N) is 1. The highest BCUT2D eigenvalue weighted by molar-refractivity contribution is 7.14. The maximum atomic E-state index is 11.9. The Labute approximate surface area is 103 Å². The molecule has 2 aromatic heterocycles. The lowest BCUT2D eigenvalue weighted by molar-refractivity contribution is 0.103. The molecule has 0 unspecified atom stereocenters. The minimum absolute atomic E-state index is 0.151. The molecule has 2 aromatic rings. The zero-order chi connectivity index (χ0) is 12.4. The molecule has 2 rings (SSSR count). The number of hydrogen-bond donors (Lipinski definition) is 2. The number of nitrogens with one attached hydrogen (secondary N) is 1. The highest BCUT2D eigenvalue weighted by Gasteiger charge is 2.11. The molecule has 88 valence electrons. The number of amides is 1. The monoisotopic (exact) mass is 247 g/mol. The standard InChI is InChI=1S/C12H13N3OS/c1-7-3-9(6-14-5-7)15-12(16)11-4-10(13)8(2)17-11/h3-6H,13H2,1-2H3,(H,15,16). The van der Waals surface area contributed by atoms with Crippen LogP contribution in [0.3, 0.4) is 0 Å². The van der Waals surface area contributed by atoms with Crippen molar-refractivity contribution in [3.8, 4) is 0 Å². The molecule has 0 fully saturated rings. The van der Waals surface area contributed by atoms with Crippen molar-refractivity contribution in [1.29, 1.82) is 0 Å². The maximum Gasteiger partial charge on any atom is 0.265 e. The smallest absolute Gasteiger partial charge is 0.265 e. The minimum atomic E-state index is -0.151. The van der Waals surface area contributed by atoms with E-state index in [9.17, 15) is 4.79 Å². The highest BCUT2D eigenvalue weighted by Crippen LogP contribution is 2.24. The quantitative estimate of drug-likeness (QED) is 0.857. The summed E-state index contributed by atoms with van der Waals surface area (Å²) < 4.78 is 0. The van der Waals surface area contributed by atoms with Gasteiger partial charge in [0.05, 0.1) is 16.8 Å². The Morgan fingerprint density at radius 2 is 2.12 bits per heavy atom. The van der Waals surface area contributed by atoms with Crippen LogP contribution < -0.4 is 11.1 Å². The van der Waals surface area contributed by atoms with Crippen molar-refractivity contribution in [2.24, 2.45) is 0 Å². The van der Waals surface area contributed by atoms with Gasteiger partial charge < -0.3 is 11.1 Å². The average Bonchev–Trinajstić information content (AvgIpc) is 2.59. The number of carbonyl (C=O) groups excluding carboxylic acids is 1. The van der Waals surface area contributed by atoms with E-state index in [0.717, 1.165) is 10.4 Å². The van der Waals surface area contributed by atoms with Crippen molar-refractivity contribution in [2.75, 3.05) is 11.1 Å². The normalized spacial score (nSPS) is 10.2. The van der Waals surface area contributed by atoms with Gasteiger partial charge in [-0.05, 0) is 31.5 Å². The second kappa shape index (κ2) is 4.55. The summed E-state index contributed by atoms with van der Waals surface area (Å²) in [6, 6.07) is 3.56. The van der Waals surface area contributed by atoms with Crippen LogP contribution in [0, 0.1) is 13.8 Å². The summed E-state index contributed by atoms with van der Waals surface area (Å²) in [4.78, 5) is 17.5. The third-order valence-corrected chi connectivity index (χ3v) is 3.38. The molecular formula is C12H13N3OS. The van der Waals surface area contributed by atoms with Gasteiger partial charge in [-0.1, -0.05) is 0 Å². The second-order valence-corrected chi connectivity index (χ2v) is 5.08. The van der Waals surface area contributed by atoms with Crippen molar-refractivity contribution < 1.29 is 4.79 Å². The number of anilines is 2. The SMILES string of the molecule is Cc1cncc(NC(=O)c2cc(N)c(C)s2)c1. The van der Waals surface area contributed by atoms with Crippen LogP contribution in [0.1, 0.15) is 20.1 Å². The third-order valence-electron chi connectivity index (χ3n) is 2.31. The molecule has 5 heteroatoms. The van der Waals surface area contributed by atoms with Crippen LogP contribution in [0.25, 0.3) is 0 Å². The number of nitrogen functional groups attached to an aromatic ring is 1. The van der Waals surface area contributed by atoms with Gasteiger partial charge in [-0.2, -0.15) is 0 Å². The Morgan fingerprint density at radius 3 is 2.71 bits per heavy atom. The van der Waals surface area contributed by atoms with Gasteiger partial charge in [0, 0.05) is 16.8 Å². The first-order chi connectivity index (χ1) is 8.06. The lowest BCUT2D eigenvalue weighted by atomic mass is 10.3. The molecule has 0 aliphatic carbocycles. The number of hydrogen-bond acceptors (Lipinski definition) is 4. The molecule has 3 N–H and O–H groups in total. The third kappa shape index (κ3) is 2.62. The van der Waals surface area contributed by atoms with E-state index in [0.29, 0.717) is 16.3 Å². The number of aromatic nitrogens is 1. The van der Waals surface area contributed by atoms with E-state index in [2.05, 4.69) is 10.3 Å². The lowest BCUT2D eigenvalue weighted by Crippen LogP contribution is -2.10. The van der Waals surface area contributed by atoms with Gasteiger partial charge >= 0.3 is 0 Å². The Hall–Kier alpha value is -1.88. The van der Waals surface area contributed by atoms with Crippen LogP contribution in [-0.4, -0.2) is 10.9 Å². The molecule has 4 nitrogen and oxygen atoms in total. The van der Waals surface area contributed by atoms with Gasteiger partial charge in [-0.15, -0.1) is 11.3 Å². The summed E-state index contributed by atoms with van der Waals surface area (Å²) in [7, 11) is 0. The number of rotatable bonds is 2. The number of thiophene rings is 1. The van der Waals surface area contributed by atoms with E-state index >= 15 is 0 Å². The van der Waals surface area contributed by atoms with Crippen LogP contribution in [0.4, 0.5) is 11.4 Å². The fourth-order valence-electron chi connectivity index (χ4n) is 1.42. The number of carbonyl (C=O) groups is 1. The fourth-order valence-corrected chi connectivity index (χ4v) is 2.26. The number of pyridine rings is 1. The van der Waals surface area contributed by atoms with E-state index < -0.39 is 0 Å². The molecule has 0 saturated carbocycles. The van der Waals surface area contributed by atoms with Crippen LogP contribution in [0.5, 0.6) is 0 Å². The van der Waals surface area contributed by atoms with E-state index in [-0.39, 0.29) is 5.91 Å². The lowest BCUT2D eigenvalue weighted by Gasteiger charge is -2.03. The van der Waals surface area contributed by atoms with Gasteiger partial charge in [0.1, 0.15) is 0 Å². The van der Waals surface area contributed by atoms with Crippen LogP contribution in [-0.2, 0) is 0 Å². The molecule has 0 aliphatic heterocycles. The zero-order valence-electron chi connectivity index (χ0n) is 9.65. The fraction of sp³-hybridized carbons (Fsp3) is 0.167. The van der Waals surface area contributed by atoms with Gasteiger partial charge in [0.2, 0.25) is 0 Å². The van der Waals surface area contributed by atoms with Crippen LogP contribution >= 0.6 is 11.3 Å². The van der Waals surface area contributed by atoms with E-state index in [1.54, 1.807) is 18.5 Å². The van der Waals surface area contributed by atoms with Crippen molar-refractivity contribution in [3.63, 3.8) is 0 Å². The highest BCUT2D eigenvalue weighted by atomic mass is 32.1. The summed E-state index contributed by atoms with van der Waals surface area (Å²) in [5, 5.41) is 2.79. The number of nitrogens with zero attached hydrogens (tertiary/aromatic N) is 1. The van der Waals surface area contributed by atoms with E-state index in [4.69, 9.17) is 5.73 Å². The van der Waals surface area contributed by atoms with Gasteiger partial charge in [-0.25, -0.2) is 0 Å². The molecule has 0 atom stereocenters. The maximum absolute atomic E-state index is 11.9. The molecular weight excluding hydrogens is 234 g/mol. The molecule has 0 aliphatic rings. The predicted octanol–water partition coefficient (Wildman–Crippen LogP) is 2.59. The summed E-state index contributed by atoms with van der Waals surface area (Å²) in [6.07, 6.45) is 3.36. The van der Waals surface area contributed by atoms with Gasteiger partial charge in [0.25, 0.3) is 5.91 Å². The molecule has 0 saturated heterocycles. The Bertz CT molecular complexity index is 543. The Balaban J connectivity index is 2.17. The second-order valence-electron chi connectivity index (χ2n) is 3.83. The minimum Gasteiger partial charge on any atom is -0.398 e. The summed E-state index contributed by atoms with van der Waals surface area (Å²) in [5.74, 6) is -0.151. The van der Waals surface area contributed by atoms with Crippen molar-refractivity contribution in [1.82, 2.24) is 4.98 Å². The first kappa shape index (κ1) is 11.6. The first-order valence-corrected chi connectivity index (χ1v) is 5.97. The Kier molecular flexibility index (Phi) is 3.10. The summed E-state index contributed by atoms with van der Waals surface area (Å²) in [5.41, 5.74) is 8.07. The number of aryl methyl sites for hydroxylation is 2. The average molecular weight is 247 g/mol. The molecule has 2 heterocycles. The van der Waals surface area contributed by atoms with E-state index in [1.165, 1.54) is 11.3 Å². The van der Waals surface area contributed by atoms with Gasteiger partial charge in [0.15, 0.2) is 0 Å². The van der Waals surface area contributed by atoms with Gasteiger partial charge in [-0.3, -0.25) is 9.78 Å². The summed E-state index contributed by atoms with van der Waals surface area (Å²) >= 11 is 1.39. The summed E-state index contributed by atoms with van der Waals surface area (Å²) in [6.45, 7) is 3.82. The van der Waals surface area contributed by atoms with Crippen molar-refractivity contribution in [3.05, 3.63) is 39.8 Å². The largest absolute Gasteiger partial charge is 0.398 e. The first-order valence-electron chi connectivity index (χ1n) is 5.15.